The SMILES string of the molecule is Cn1c(=O)n(C)c2cc(CNC(=O)COC[C@@H]3CCCCO3)ccc21. The molecule has 25 heavy (non-hydrogen) atoms. The number of hydrogen-bond acceptors (Lipinski definition) is 4. The van der Waals surface area contributed by atoms with Gasteiger partial charge in [-0.1, -0.05) is 6.07 Å². The van der Waals surface area contributed by atoms with Crippen molar-refractivity contribution < 1.29 is 14.3 Å². The molecule has 2 heterocycles. The molecule has 1 N–H and O–H groups in total. The minimum Gasteiger partial charge on any atom is -0.376 e. The number of hydrogen-bond donors (Lipinski definition) is 1. The van der Waals surface area contributed by atoms with Crippen molar-refractivity contribution in [2.75, 3.05) is 19.8 Å². The maximum Gasteiger partial charge on any atom is 0.328 e. The van der Waals surface area contributed by atoms with Crippen LogP contribution in [0.2, 0.25) is 0 Å². The highest BCUT2D eigenvalue weighted by Gasteiger charge is 2.14. The van der Waals surface area contributed by atoms with E-state index in [1.54, 1.807) is 23.2 Å². The van der Waals surface area contributed by atoms with Gasteiger partial charge in [-0.15, -0.1) is 0 Å². The normalized spacial score (nSPS) is 17.8. The van der Waals surface area contributed by atoms with Crippen LogP contribution in [0.25, 0.3) is 11.0 Å². The van der Waals surface area contributed by atoms with Gasteiger partial charge in [0.05, 0.1) is 23.7 Å². The predicted molar refractivity (Wildman–Crippen MR) is 94.4 cm³/mol. The van der Waals surface area contributed by atoms with Crippen LogP contribution in [0.1, 0.15) is 24.8 Å². The van der Waals surface area contributed by atoms with Crippen molar-refractivity contribution in [1.29, 1.82) is 0 Å². The first-order chi connectivity index (χ1) is 12.1. The standard InChI is InChI=1S/C18H25N3O4/c1-20-15-7-6-13(9-16(15)21(2)18(20)23)10-19-17(22)12-24-11-14-5-3-4-8-25-14/h6-7,9,14H,3-5,8,10-12H2,1-2H3,(H,19,22)/t14-/m0/s1. The molecule has 0 spiro atoms. The van der Waals surface area contributed by atoms with Crippen LogP contribution in [0.3, 0.4) is 0 Å². The van der Waals surface area contributed by atoms with E-state index in [1.165, 1.54) is 0 Å². The molecular weight excluding hydrogens is 322 g/mol. The number of aromatic nitrogens is 2. The molecule has 1 aromatic heterocycles. The quantitative estimate of drug-likeness (QED) is 0.848. The van der Waals surface area contributed by atoms with Gasteiger partial charge in [-0.3, -0.25) is 13.9 Å². The molecule has 136 valence electrons. The van der Waals surface area contributed by atoms with Crippen LogP contribution in [0.4, 0.5) is 0 Å². The van der Waals surface area contributed by atoms with Gasteiger partial charge in [0.15, 0.2) is 0 Å². The van der Waals surface area contributed by atoms with Gasteiger partial charge in [0, 0.05) is 27.2 Å². The summed E-state index contributed by atoms with van der Waals surface area (Å²) < 4.78 is 14.2. The largest absolute Gasteiger partial charge is 0.376 e. The Morgan fingerprint density at radius 1 is 1.28 bits per heavy atom. The molecule has 0 saturated carbocycles. The highest BCUT2D eigenvalue weighted by Crippen LogP contribution is 2.14. The summed E-state index contributed by atoms with van der Waals surface area (Å²) in [5.41, 5.74) is 2.61. The van der Waals surface area contributed by atoms with E-state index in [-0.39, 0.29) is 24.3 Å². The lowest BCUT2D eigenvalue weighted by Crippen LogP contribution is -2.30. The van der Waals surface area contributed by atoms with E-state index in [1.807, 2.05) is 18.2 Å². The second-order valence-corrected chi connectivity index (χ2v) is 6.50. The lowest BCUT2D eigenvalue weighted by molar-refractivity contribution is -0.128. The molecule has 7 nitrogen and oxygen atoms in total. The van der Waals surface area contributed by atoms with E-state index in [0.717, 1.165) is 42.5 Å². The lowest BCUT2D eigenvalue weighted by atomic mass is 10.1. The van der Waals surface area contributed by atoms with Crippen LogP contribution < -0.4 is 11.0 Å². The molecule has 1 fully saturated rings. The van der Waals surface area contributed by atoms with Crippen LogP contribution in [-0.2, 0) is 34.9 Å². The molecule has 1 amide bonds. The zero-order valence-electron chi connectivity index (χ0n) is 14.8. The third-order valence-corrected chi connectivity index (χ3v) is 4.64. The van der Waals surface area contributed by atoms with Crippen LogP contribution >= 0.6 is 0 Å². The minimum absolute atomic E-state index is 0.0337. The Hall–Kier alpha value is -2.12. The van der Waals surface area contributed by atoms with Gasteiger partial charge >= 0.3 is 5.69 Å². The van der Waals surface area contributed by atoms with Gasteiger partial charge in [0.2, 0.25) is 5.91 Å². The number of carbonyl (C=O) groups is 1. The summed E-state index contributed by atoms with van der Waals surface area (Å²) in [7, 11) is 3.49. The Morgan fingerprint density at radius 2 is 2.08 bits per heavy atom. The average Bonchev–Trinajstić information content (AvgIpc) is 2.85. The maximum absolute atomic E-state index is 11.9. The Labute approximate surface area is 146 Å². The number of imidazole rings is 1. The summed E-state index contributed by atoms with van der Waals surface area (Å²) >= 11 is 0. The first kappa shape index (κ1) is 17.7. The second-order valence-electron chi connectivity index (χ2n) is 6.50. The van der Waals surface area contributed by atoms with Crippen molar-refractivity contribution in [3.8, 4) is 0 Å². The number of benzene rings is 1. The molecule has 0 bridgehead atoms. The number of nitrogens with one attached hydrogen (secondary N) is 1. The van der Waals surface area contributed by atoms with Crippen LogP contribution in [0, 0.1) is 0 Å². The number of carbonyl (C=O) groups excluding carboxylic acids is 1. The van der Waals surface area contributed by atoms with Crippen molar-refractivity contribution in [2.24, 2.45) is 14.1 Å². The number of aryl methyl sites for hydroxylation is 2. The van der Waals surface area contributed by atoms with E-state index in [2.05, 4.69) is 5.32 Å². The fourth-order valence-corrected chi connectivity index (χ4v) is 3.14. The van der Waals surface area contributed by atoms with Crippen molar-refractivity contribution in [1.82, 2.24) is 14.5 Å². The van der Waals surface area contributed by atoms with Gasteiger partial charge in [0.25, 0.3) is 0 Å². The number of rotatable bonds is 6. The average molecular weight is 347 g/mol. The van der Waals surface area contributed by atoms with Crippen molar-refractivity contribution >= 4 is 16.9 Å². The topological polar surface area (TPSA) is 74.5 Å². The minimum atomic E-state index is -0.155. The summed E-state index contributed by atoms with van der Waals surface area (Å²) in [5, 5.41) is 2.84. The van der Waals surface area contributed by atoms with E-state index >= 15 is 0 Å². The molecule has 1 atom stereocenters. The molecule has 1 aliphatic heterocycles. The third kappa shape index (κ3) is 4.11. The Morgan fingerprint density at radius 3 is 2.84 bits per heavy atom. The summed E-state index contributed by atoms with van der Waals surface area (Å²) in [6.45, 7) is 1.68. The van der Waals surface area contributed by atoms with E-state index in [4.69, 9.17) is 9.47 Å². The van der Waals surface area contributed by atoms with Gasteiger partial charge in [-0.05, 0) is 37.0 Å². The molecule has 1 aromatic carbocycles. The molecule has 1 aliphatic rings. The Bertz CT molecular complexity index is 802. The fraction of sp³-hybridized carbons (Fsp3) is 0.556. The number of fused-ring (bicyclic) bond motifs is 1. The van der Waals surface area contributed by atoms with Crippen molar-refractivity contribution in [3.05, 3.63) is 34.2 Å². The van der Waals surface area contributed by atoms with Crippen molar-refractivity contribution in [3.63, 3.8) is 0 Å². The Balaban J connectivity index is 1.49. The number of amides is 1. The molecule has 1 saturated heterocycles. The van der Waals surface area contributed by atoms with E-state index < -0.39 is 0 Å². The van der Waals surface area contributed by atoms with Crippen LogP contribution in [0.15, 0.2) is 23.0 Å². The van der Waals surface area contributed by atoms with E-state index in [0.29, 0.717) is 13.2 Å². The predicted octanol–water partition coefficient (Wildman–Crippen LogP) is 1.08. The molecule has 0 aliphatic carbocycles. The summed E-state index contributed by atoms with van der Waals surface area (Å²) in [4.78, 5) is 23.9. The van der Waals surface area contributed by atoms with Crippen molar-refractivity contribution in [2.45, 2.75) is 31.9 Å². The summed E-state index contributed by atoms with van der Waals surface area (Å²) in [5.74, 6) is -0.155. The molecule has 0 radical (unpaired) electrons. The fourth-order valence-electron chi connectivity index (χ4n) is 3.14. The zero-order valence-corrected chi connectivity index (χ0v) is 14.8. The van der Waals surface area contributed by atoms with Gasteiger partial charge < -0.3 is 14.8 Å². The molecule has 0 unspecified atom stereocenters. The van der Waals surface area contributed by atoms with Crippen LogP contribution in [0.5, 0.6) is 0 Å². The molecular formula is C18H25N3O4. The van der Waals surface area contributed by atoms with Gasteiger partial charge in [-0.2, -0.15) is 0 Å². The lowest BCUT2D eigenvalue weighted by Gasteiger charge is -2.22. The summed E-state index contributed by atoms with van der Waals surface area (Å²) in [6.07, 6.45) is 3.37. The monoisotopic (exact) mass is 347 g/mol. The first-order valence-electron chi connectivity index (χ1n) is 8.66. The smallest absolute Gasteiger partial charge is 0.328 e. The second kappa shape index (κ2) is 7.84. The first-order valence-corrected chi connectivity index (χ1v) is 8.66. The molecule has 2 aromatic rings. The number of ether oxygens (including phenoxy) is 2. The maximum atomic E-state index is 11.9. The van der Waals surface area contributed by atoms with Gasteiger partial charge in [0.1, 0.15) is 6.61 Å². The van der Waals surface area contributed by atoms with Crippen LogP contribution in [-0.4, -0.2) is 41.0 Å². The highest BCUT2D eigenvalue weighted by molar-refractivity contribution is 5.78. The summed E-state index contributed by atoms with van der Waals surface area (Å²) in [6, 6.07) is 5.74. The zero-order chi connectivity index (χ0) is 17.8. The molecule has 7 heteroatoms. The number of nitrogens with zero attached hydrogens (tertiary/aromatic N) is 2. The van der Waals surface area contributed by atoms with E-state index in [9.17, 15) is 9.59 Å². The highest BCUT2D eigenvalue weighted by atomic mass is 16.5. The molecule has 3 rings (SSSR count). The third-order valence-electron chi connectivity index (χ3n) is 4.64. The van der Waals surface area contributed by atoms with Gasteiger partial charge in [-0.25, -0.2) is 4.79 Å². The Kier molecular flexibility index (Phi) is 5.55.